The Bertz CT molecular complexity index is 345. The van der Waals surface area contributed by atoms with Crippen molar-refractivity contribution in [3.63, 3.8) is 0 Å². The van der Waals surface area contributed by atoms with Crippen LogP contribution in [-0.2, 0) is 4.79 Å². The molecule has 1 aliphatic carbocycles. The summed E-state index contributed by atoms with van der Waals surface area (Å²) in [5.41, 5.74) is 0. The van der Waals surface area contributed by atoms with Crippen LogP contribution in [0, 0.1) is 23.2 Å². The molecular formula is C14H20N2O. The Labute approximate surface area is 103 Å². The molecule has 1 saturated carbocycles. The van der Waals surface area contributed by atoms with Crippen molar-refractivity contribution in [1.82, 2.24) is 4.90 Å². The summed E-state index contributed by atoms with van der Waals surface area (Å²) in [5.74, 6) is 1.03. The molecule has 2 aliphatic rings. The molecule has 3 atom stereocenters. The van der Waals surface area contributed by atoms with E-state index in [1.165, 1.54) is 12.8 Å². The number of nitrogens with zero attached hydrogens (tertiary/aromatic N) is 2. The minimum atomic E-state index is 0.229. The van der Waals surface area contributed by atoms with Gasteiger partial charge < -0.3 is 4.90 Å². The third-order valence-corrected chi connectivity index (χ3v) is 4.19. The van der Waals surface area contributed by atoms with E-state index >= 15 is 0 Å². The van der Waals surface area contributed by atoms with Crippen LogP contribution in [0.25, 0.3) is 0 Å². The molecule has 0 aromatic heterocycles. The summed E-state index contributed by atoms with van der Waals surface area (Å²) < 4.78 is 0. The maximum Gasteiger partial charge on any atom is 0.226 e. The minimum Gasteiger partial charge on any atom is -0.338 e. The Hall–Kier alpha value is -1.30. The van der Waals surface area contributed by atoms with E-state index in [4.69, 9.17) is 5.26 Å². The molecule has 1 saturated heterocycles. The zero-order chi connectivity index (χ0) is 12.3. The summed E-state index contributed by atoms with van der Waals surface area (Å²) in [7, 11) is 0. The summed E-state index contributed by atoms with van der Waals surface area (Å²) in [4.78, 5) is 14.3. The second-order valence-electron chi connectivity index (χ2n) is 5.09. The number of likely N-dealkylation sites (tertiary alicyclic amines) is 1. The summed E-state index contributed by atoms with van der Waals surface area (Å²) in [5, 5.41) is 8.68. The monoisotopic (exact) mass is 232 g/mol. The predicted octanol–water partition coefficient (Wildman–Crippen LogP) is 2.49. The molecular weight excluding hydrogens is 212 g/mol. The molecule has 0 radical (unpaired) electrons. The number of carbonyl (C=O) groups is 1. The third-order valence-electron chi connectivity index (χ3n) is 4.19. The molecule has 2 fully saturated rings. The number of fused-ring (bicyclic) bond motifs is 1. The molecule has 17 heavy (non-hydrogen) atoms. The molecule has 92 valence electrons. The Morgan fingerprint density at radius 2 is 2.24 bits per heavy atom. The van der Waals surface area contributed by atoms with E-state index < -0.39 is 0 Å². The van der Waals surface area contributed by atoms with Gasteiger partial charge in [-0.05, 0) is 25.2 Å². The quantitative estimate of drug-likeness (QED) is 0.699. The second kappa shape index (κ2) is 5.35. The maximum absolute atomic E-state index is 12.3. The van der Waals surface area contributed by atoms with Gasteiger partial charge in [-0.3, -0.25) is 4.79 Å². The Kier molecular flexibility index (Phi) is 3.83. The topological polar surface area (TPSA) is 44.1 Å². The zero-order valence-electron chi connectivity index (χ0n) is 10.3. The van der Waals surface area contributed by atoms with E-state index in [1.807, 2.05) is 11.0 Å². The van der Waals surface area contributed by atoms with E-state index in [9.17, 15) is 4.79 Å². The number of hydrogen-bond acceptors (Lipinski definition) is 2. The Balaban J connectivity index is 2.14. The first-order valence-electron chi connectivity index (χ1n) is 6.58. The molecule has 3 heteroatoms. The first kappa shape index (κ1) is 12.2. The van der Waals surface area contributed by atoms with Crippen LogP contribution in [0.1, 0.15) is 38.5 Å². The van der Waals surface area contributed by atoms with Gasteiger partial charge in [0.15, 0.2) is 0 Å². The van der Waals surface area contributed by atoms with Crippen molar-refractivity contribution in [1.29, 1.82) is 5.26 Å². The van der Waals surface area contributed by atoms with Gasteiger partial charge in [-0.2, -0.15) is 5.26 Å². The van der Waals surface area contributed by atoms with Gasteiger partial charge in [0, 0.05) is 18.5 Å². The fourth-order valence-corrected chi connectivity index (χ4v) is 3.45. The molecule has 0 spiro atoms. The van der Waals surface area contributed by atoms with Gasteiger partial charge in [0.05, 0.1) is 12.5 Å². The van der Waals surface area contributed by atoms with Crippen molar-refractivity contribution < 1.29 is 4.79 Å². The first-order valence-corrected chi connectivity index (χ1v) is 6.58. The molecule has 0 N–H and O–H groups in total. The molecule has 1 amide bonds. The zero-order valence-corrected chi connectivity index (χ0v) is 10.3. The molecule has 0 aromatic carbocycles. The van der Waals surface area contributed by atoms with E-state index in [1.54, 1.807) is 0 Å². The van der Waals surface area contributed by atoms with Crippen LogP contribution in [0.4, 0.5) is 0 Å². The van der Waals surface area contributed by atoms with Gasteiger partial charge in [-0.1, -0.05) is 18.9 Å². The number of carbonyl (C=O) groups excluding carboxylic acids is 1. The lowest BCUT2D eigenvalue weighted by Crippen LogP contribution is -2.35. The number of rotatable bonds is 4. The van der Waals surface area contributed by atoms with E-state index in [0.717, 1.165) is 19.3 Å². The summed E-state index contributed by atoms with van der Waals surface area (Å²) in [6.07, 6.45) is 7.86. The predicted molar refractivity (Wildman–Crippen MR) is 66.0 cm³/mol. The number of amides is 1. The molecule has 0 bridgehead atoms. The van der Waals surface area contributed by atoms with Crippen LogP contribution >= 0.6 is 0 Å². The average Bonchev–Trinajstić information content (AvgIpc) is 2.62. The standard InChI is InChI=1S/C14H20N2O/c1-2-6-13-11-7-3-4-8-12(11)14(17)16(13)10-5-9-15/h2,11-13H,1,3-8,10H2/t11-,12+,13+/m1/s1. The second-order valence-corrected chi connectivity index (χ2v) is 5.09. The number of hydrogen-bond donors (Lipinski definition) is 0. The van der Waals surface area contributed by atoms with Crippen molar-refractivity contribution in [2.45, 2.75) is 44.6 Å². The Morgan fingerprint density at radius 3 is 2.94 bits per heavy atom. The fourth-order valence-electron chi connectivity index (χ4n) is 3.45. The summed E-state index contributed by atoms with van der Waals surface area (Å²) in [6, 6.07) is 2.44. The van der Waals surface area contributed by atoms with Crippen molar-refractivity contribution in [3.8, 4) is 6.07 Å². The molecule has 3 nitrogen and oxygen atoms in total. The van der Waals surface area contributed by atoms with Crippen LogP contribution < -0.4 is 0 Å². The fraction of sp³-hybridized carbons (Fsp3) is 0.714. The van der Waals surface area contributed by atoms with Gasteiger partial charge in [-0.15, -0.1) is 6.58 Å². The van der Waals surface area contributed by atoms with Gasteiger partial charge >= 0.3 is 0 Å². The number of nitriles is 1. The average molecular weight is 232 g/mol. The largest absolute Gasteiger partial charge is 0.338 e. The minimum absolute atomic E-state index is 0.229. The van der Waals surface area contributed by atoms with E-state index in [0.29, 0.717) is 24.9 Å². The van der Waals surface area contributed by atoms with Crippen molar-refractivity contribution >= 4 is 5.91 Å². The van der Waals surface area contributed by atoms with Crippen molar-refractivity contribution in [3.05, 3.63) is 12.7 Å². The molecule has 1 heterocycles. The van der Waals surface area contributed by atoms with Gasteiger partial charge in [-0.25, -0.2) is 0 Å². The maximum atomic E-state index is 12.3. The van der Waals surface area contributed by atoms with Crippen LogP contribution in [-0.4, -0.2) is 23.4 Å². The molecule has 0 unspecified atom stereocenters. The lowest BCUT2D eigenvalue weighted by Gasteiger charge is -2.28. The molecule has 0 aromatic rings. The summed E-state index contributed by atoms with van der Waals surface area (Å²) >= 11 is 0. The lowest BCUT2D eigenvalue weighted by molar-refractivity contribution is -0.132. The highest BCUT2D eigenvalue weighted by Crippen LogP contribution is 2.42. The SMILES string of the molecule is C=CC[C@H]1[C@@H]2CCCC[C@@H]2C(=O)N1CCC#N. The van der Waals surface area contributed by atoms with E-state index in [2.05, 4.69) is 12.6 Å². The van der Waals surface area contributed by atoms with Crippen molar-refractivity contribution in [2.75, 3.05) is 6.54 Å². The van der Waals surface area contributed by atoms with Gasteiger partial charge in [0.2, 0.25) is 5.91 Å². The Morgan fingerprint density at radius 1 is 1.47 bits per heavy atom. The molecule has 1 aliphatic heterocycles. The lowest BCUT2D eigenvalue weighted by atomic mass is 9.77. The highest BCUT2D eigenvalue weighted by molar-refractivity contribution is 5.82. The highest BCUT2D eigenvalue weighted by atomic mass is 16.2. The van der Waals surface area contributed by atoms with Crippen LogP contribution in [0.3, 0.4) is 0 Å². The first-order chi connectivity index (χ1) is 8.29. The third kappa shape index (κ3) is 2.22. The normalized spacial score (nSPS) is 32.1. The van der Waals surface area contributed by atoms with E-state index in [-0.39, 0.29) is 11.8 Å². The van der Waals surface area contributed by atoms with Crippen LogP contribution in [0.5, 0.6) is 0 Å². The molecule has 2 rings (SSSR count). The van der Waals surface area contributed by atoms with Crippen molar-refractivity contribution in [2.24, 2.45) is 11.8 Å². The summed E-state index contributed by atoms with van der Waals surface area (Å²) in [6.45, 7) is 4.40. The van der Waals surface area contributed by atoms with Crippen LogP contribution in [0.15, 0.2) is 12.7 Å². The van der Waals surface area contributed by atoms with Crippen LogP contribution in [0.2, 0.25) is 0 Å². The highest BCUT2D eigenvalue weighted by Gasteiger charge is 2.47. The van der Waals surface area contributed by atoms with Gasteiger partial charge in [0.25, 0.3) is 0 Å². The smallest absolute Gasteiger partial charge is 0.226 e. The van der Waals surface area contributed by atoms with Gasteiger partial charge in [0.1, 0.15) is 0 Å².